The number of rotatable bonds is 5. The fourth-order valence-corrected chi connectivity index (χ4v) is 3.41. The minimum absolute atomic E-state index is 0.114. The summed E-state index contributed by atoms with van der Waals surface area (Å²) < 4.78 is 1.69. The summed E-state index contributed by atoms with van der Waals surface area (Å²) in [4.78, 5) is 11.9. The number of halogens is 1. The van der Waals surface area contributed by atoms with Crippen molar-refractivity contribution in [2.24, 2.45) is 4.99 Å². The molecule has 30 heavy (non-hydrogen) atoms. The maximum absolute atomic E-state index is 9.94. The number of hydrogen-bond donors (Lipinski definition) is 4. The van der Waals surface area contributed by atoms with Crippen molar-refractivity contribution in [2.45, 2.75) is 25.4 Å². The number of hydrogen-bond acceptors (Lipinski definition) is 6. The average Bonchev–Trinajstić information content (AvgIpc) is 3.35. The number of anilines is 1. The molecule has 0 atom stereocenters. The number of benzene rings is 1. The molecule has 0 radical (unpaired) electrons. The van der Waals surface area contributed by atoms with Crippen LogP contribution in [0.3, 0.4) is 0 Å². The Hall–Kier alpha value is -3.52. The first-order valence-corrected chi connectivity index (χ1v) is 9.96. The van der Waals surface area contributed by atoms with Crippen LogP contribution >= 0.6 is 11.6 Å². The smallest absolute Gasteiger partial charge is 0.198 e. The van der Waals surface area contributed by atoms with E-state index in [4.69, 9.17) is 21.6 Å². The quantitative estimate of drug-likeness (QED) is 0.394. The van der Waals surface area contributed by atoms with E-state index < -0.39 is 0 Å². The zero-order valence-corrected chi connectivity index (χ0v) is 16.6. The molecule has 0 bridgehead atoms. The largest absolute Gasteiger partial charge is 0.494 e. The molecule has 152 valence electrons. The van der Waals surface area contributed by atoms with Crippen molar-refractivity contribution >= 4 is 29.1 Å². The maximum atomic E-state index is 9.94. The van der Waals surface area contributed by atoms with Crippen LogP contribution in [0.5, 0.6) is 11.8 Å². The van der Waals surface area contributed by atoms with Gasteiger partial charge in [-0.1, -0.05) is 23.7 Å². The van der Waals surface area contributed by atoms with Crippen molar-refractivity contribution in [1.29, 1.82) is 0 Å². The number of nitrogens with one attached hydrogen (secondary N) is 2. The molecule has 1 fully saturated rings. The minimum Gasteiger partial charge on any atom is -0.494 e. The molecular weight excluding hydrogens is 404 g/mol. The minimum atomic E-state index is -0.120. The SMILES string of the molecule is Oc1cc(C=c2cnn3c(=NC4CC4)cc(NCc4cccc(Cl)c4)nc23)c(O)[nH]1. The predicted molar refractivity (Wildman–Crippen MR) is 113 cm³/mol. The van der Waals surface area contributed by atoms with Crippen LogP contribution in [0.1, 0.15) is 24.0 Å². The van der Waals surface area contributed by atoms with Gasteiger partial charge in [0.1, 0.15) is 5.82 Å². The van der Waals surface area contributed by atoms with Gasteiger partial charge < -0.3 is 15.5 Å². The predicted octanol–water partition coefficient (Wildman–Crippen LogP) is 2.34. The number of H-pyrrole nitrogens is 1. The van der Waals surface area contributed by atoms with Gasteiger partial charge >= 0.3 is 0 Å². The van der Waals surface area contributed by atoms with Gasteiger partial charge in [-0.05, 0) is 36.6 Å². The number of aromatic hydroxyl groups is 2. The van der Waals surface area contributed by atoms with E-state index in [1.807, 2.05) is 30.3 Å². The zero-order chi connectivity index (χ0) is 20.7. The van der Waals surface area contributed by atoms with Gasteiger partial charge in [-0.3, -0.25) is 9.98 Å². The Morgan fingerprint density at radius 1 is 1.27 bits per heavy atom. The Labute approximate surface area is 176 Å². The molecule has 4 aromatic rings. The molecule has 1 aliphatic carbocycles. The summed E-state index contributed by atoms with van der Waals surface area (Å²) in [6.45, 7) is 0.562. The van der Waals surface area contributed by atoms with Gasteiger partial charge in [-0.25, -0.2) is 4.98 Å². The molecule has 3 aromatic heterocycles. The van der Waals surface area contributed by atoms with Crippen molar-refractivity contribution in [3.05, 3.63) is 69.5 Å². The summed E-state index contributed by atoms with van der Waals surface area (Å²) in [5.41, 5.74) is 2.81. The van der Waals surface area contributed by atoms with Crippen LogP contribution in [0.25, 0.3) is 11.7 Å². The lowest BCUT2D eigenvalue weighted by Gasteiger charge is -2.07. The molecule has 1 saturated carbocycles. The molecule has 0 aliphatic heterocycles. The van der Waals surface area contributed by atoms with Gasteiger partial charge in [0.15, 0.2) is 22.9 Å². The lowest BCUT2D eigenvalue weighted by molar-refractivity contribution is 0.425. The van der Waals surface area contributed by atoms with Gasteiger partial charge in [0.25, 0.3) is 0 Å². The Morgan fingerprint density at radius 3 is 2.87 bits per heavy atom. The first kappa shape index (κ1) is 18.5. The molecular formula is C21H19ClN6O2. The first-order chi connectivity index (χ1) is 14.5. The molecule has 9 heteroatoms. The number of nitrogens with zero attached hydrogens (tertiary/aromatic N) is 4. The highest BCUT2D eigenvalue weighted by atomic mass is 35.5. The summed E-state index contributed by atoms with van der Waals surface area (Å²) in [6, 6.07) is 11.3. The van der Waals surface area contributed by atoms with E-state index in [0.717, 1.165) is 23.9 Å². The van der Waals surface area contributed by atoms with Crippen LogP contribution in [0.4, 0.5) is 5.82 Å². The van der Waals surface area contributed by atoms with E-state index in [-0.39, 0.29) is 11.8 Å². The van der Waals surface area contributed by atoms with Crippen LogP contribution in [0, 0.1) is 0 Å². The van der Waals surface area contributed by atoms with E-state index >= 15 is 0 Å². The van der Waals surface area contributed by atoms with Crippen molar-refractivity contribution in [1.82, 2.24) is 19.6 Å². The lowest BCUT2D eigenvalue weighted by atomic mass is 10.2. The number of aromatic amines is 1. The normalized spacial score (nSPS) is 15.2. The monoisotopic (exact) mass is 422 g/mol. The molecule has 0 spiro atoms. The molecule has 0 saturated heterocycles. The van der Waals surface area contributed by atoms with Crippen LogP contribution < -0.4 is 16.0 Å². The molecule has 0 amide bonds. The third-order valence-electron chi connectivity index (χ3n) is 4.83. The van der Waals surface area contributed by atoms with E-state index in [9.17, 15) is 10.2 Å². The molecule has 3 heterocycles. The second-order valence-corrected chi connectivity index (χ2v) is 7.72. The van der Waals surface area contributed by atoms with E-state index in [0.29, 0.717) is 39.9 Å². The van der Waals surface area contributed by atoms with Crippen LogP contribution in [-0.2, 0) is 6.54 Å². The summed E-state index contributed by atoms with van der Waals surface area (Å²) in [5, 5.41) is 28.6. The van der Waals surface area contributed by atoms with Gasteiger partial charge in [-0.2, -0.15) is 9.61 Å². The molecule has 5 rings (SSSR count). The summed E-state index contributed by atoms with van der Waals surface area (Å²) in [7, 11) is 0. The number of aromatic nitrogens is 4. The highest BCUT2D eigenvalue weighted by molar-refractivity contribution is 6.30. The first-order valence-electron chi connectivity index (χ1n) is 9.59. The molecule has 8 nitrogen and oxygen atoms in total. The topological polar surface area (TPSA) is 111 Å². The van der Waals surface area contributed by atoms with E-state index in [2.05, 4.69) is 15.4 Å². The van der Waals surface area contributed by atoms with Crippen molar-refractivity contribution in [3.63, 3.8) is 0 Å². The average molecular weight is 423 g/mol. The Balaban J connectivity index is 1.58. The third kappa shape index (κ3) is 3.81. The lowest BCUT2D eigenvalue weighted by Crippen LogP contribution is -2.20. The Kier molecular flexibility index (Phi) is 4.55. The van der Waals surface area contributed by atoms with Gasteiger partial charge in [0.05, 0.1) is 12.2 Å². The Morgan fingerprint density at radius 2 is 2.13 bits per heavy atom. The van der Waals surface area contributed by atoms with Crippen LogP contribution in [0.15, 0.2) is 47.6 Å². The molecule has 4 N–H and O–H groups in total. The van der Waals surface area contributed by atoms with Gasteiger partial charge in [-0.15, -0.1) is 0 Å². The highest BCUT2D eigenvalue weighted by Gasteiger charge is 2.20. The van der Waals surface area contributed by atoms with E-state index in [1.54, 1.807) is 16.8 Å². The Bertz CT molecular complexity index is 1360. The van der Waals surface area contributed by atoms with Crippen molar-refractivity contribution in [2.75, 3.05) is 5.32 Å². The standard InChI is InChI=1S/C21H19ClN6O2/c22-15-3-1-2-12(6-15)10-23-17-9-18(25-16-4-5-16)28-20(26-17)14(11-24-28)7-13-8-19(29)27-21(13)30/h1-3,6-9,11,16,23,27,29-30H,4-5,10H2. The highest BCUT2D eigenvalue weighted by Crippen LogP contribution is 2.23. The fraction of sp³-hybridized carbons (Fsp3) is 0.190. The summed E-state index contributed by atoms with van der Waals surface area (Å²) in [5.74, 6) is 0.430. The number of fused-ring (bicyclic) bond motifs is 1. The van der Waals surface area contributed by atoms with Gasteiger partial charge in [0.2, 0.25) is 0 Å². The fourth-order valence-electron chi connectivity index (χ4n) is 3.20. The summed E-state index contributed by atoms with van der Waals surface area (Å²) in [6.07, 6.45) is 5.53. The second kappa shape index (κ2) is 7.38. The van der Waals surface area contributed by atoms with Gasteiger partial charge in [0, 0.05) is 34.5 Å². The molecule has 0 unspecified atom stereocenters. The van der Waals surface area contributed by atoms with Crippen LogP contribution in [0.2, 0.25) is 5.02 Å². The van der Waals surface area contributed by atoms with Crippen LogP contribution in [-0.4, -0.2) is 35.8 Å². The van der Waals surface area contributed by atoms with Crippen molar-refractivity contribution < 1.29 is 10.2 Å². The zero-order valence-electron chi connectivity index (χ0n) is 15.9. The second-order valence-electron chi connectivity index (χ2n) is 7.28. The molecule has 1 aromatic carbocycles. The summed E-state index contributed by atoms with van der Waals surface area (Å²) >= 11 is 6.08. The van der Waals surface area contributed by atoms with Crippen molar-refractivity contribution in [3.8, 4) is 11.8 Å². The van der Waals surface area contributed by atoms with E-state index in [1.165, 1.54) is 6.07 Å². The molecule has 1 aliphatic rings. The third-order valence-corrected chi connectivity index (χ3v) is 5.06. The maximum Gasteiger partial charge on any atom is 0.198 e.